The van der Waals surface area contributed by atoms with Gasteiger partial charge in [0.15, 0.2) is 11.6 Å². The lowest BCUT2D eigenvalue weighted by atomic mass is 10.1. The van der Waals surface area contributed by atoms with Crippen LogP contribution in [0.1, 0.15) is 6.42 Å². The Morgan fingerprint density at radius 2 is 1.62 bits per heavy atom. The summed E-state index contributed by atoms with van der Waals surface area (Å²) in [6, 6.07) is 12.2. The molecule has 2 N–H and O–H groups in total. The van der Waals surface area contributed by atoms with Crippen LogP contribution < -0.4 is 10.6 Å². The van der Waals surface area contributed by atoms with E-state index in [1.54, 1.807) is 6.07 Å². The molecule has 8 heteroatoms. The Kier molecular flexibility index (Phi) is 6.66. The molecule has 0 fully saturated rings. The first-order valence-electron chi connectivity index (χ1n) is 9.17. The van der Waals surface area contributed by atoms with E-state index in [1.165, 1.54) is 0 Å². The maximum absolute atomic E-state index is 14.0. The summed E-state index contributed by atoms with van der Waals surface area (Å²) in [5, 5.41) is 5.75. The van der Waals surface area contributed by atoms with E-state index in [2.05, 4.69) is 25.5 Å². The van der Waals surface area contributed by atoms with Crippen LogP contribution in [0.3, 0.4) is 0 Å². The van der Waals surface area contributed by atoms with Crippen LogP contribution in [0.4, 0.5) is 30.6 Å². The van der Waals surface area contributed by atoms with Crippen molar-refractivity contribution in [2.45, 2.75) is 6.42 Å². The first kappa shape index (κ1) is 20.6. The largest absolute Gasteiger partial charge is 0.354 e. The maximum Gasteiger partial charge on any atom is 0.225 e. The first-order chi connectivity index (χ1) is 13.9. The Bertz CT molecular complexity index is 941. The van der Waals surface area contributed by atoms with Gasteiger partial charge in [-0.2, -0.15) is 4.98 Å². The predicted molar refractivity (Wildman–Crippen MR) is 109 cm³/mol. The summed E-state index contributed by atoms with van der Waals surface area (Å²) in [6.07, 6.45) is 0.871. The lowest BCUT2D eigenvalue weighted by Gasteiger charge is -2.13. The highest BCUT2D eigenvalue weighted by Crippen LogP contribution is 2.27. The van der Waals surface area contributed by atoms with Gasteiger partial charge in [-0.25, -0.2) is 18.2 Å². The van der Waals surface area contributed by atoms with Gasteiger partial charge >= 0.3 is 0 Å². The molecule has 2 aromatic carbocycles. The summed E-state index contributed by atoms with van der Waals surface area (Å²) < 4.78 is 41.3. The molecule has 0 spiro atoms. The van der Waals surface area contributed by atoms with Crippen molar-refractivity contribution >= 4 is 17.5 Å². The number of aromatic nitrogens is 2. The molecule has 152 valence electrons. The molecule has 5 nitrogen and oxygen atoms in total. The minimum atomic E-state index is -1.04. The van der Waals surface area contributed by atoms with Crippen molar-refractivity contribution in [3.8, 4) is 11.3 Å². The lowest BCUT2D eigenvalue weighted by Crippen LogP contribution is -2.17. The van der Waals surface area contributed by atoms with Gasteiger partial charge in [0.25, 0.3) is 0 Å². The highest BCUT2D eigenvalue weighted by molar-refractivity contribution is 5.67. The van der Waals surface area contributed by atoms with Gasteiger partial charge in [0.1, 0.15) is 17.3 Å². The van der Waals surface area contributed by atoms with E-state index in [0.29, 0.717) is 30.3 Å². The molecule has 3 aromatic rings. The number of anilines is 3. The zero-order valence-corrected chi connectivity index (χ0v) is 16.2. The van der Waals surface area contributed by atoms with Crippen molar-refractivity contribution in [1.82, 2.24) is 14.9 Å². The molecule has 0 amide bonds. The molecular weight excluding hydrogens is 379 g/mol. The number of nitrogens with one attached hydrogen (secondary N) is 2. The number of nitrogens with zero attached hydrogens (tertiary/aromatic N) is 3. The average molecular weight is 401 g/mol. The van der Waals surface area contributed by atoms with Crippen molar-refractivity contribution in [1.29, 1.82) is 0 Å². The van der Waals surface area contributed by atoms with Crippen LogP contribution in [0.15, 0.2) is 48.5 Å². The first-order valence-corrected chi connectivity index (χ1v) is 9.17. The third-order valence-corrected chi connectivity index (χ3v) is 4.12. The fourth-order valence-corrected chi connectivity index (χ4v) is 2.73. The molecule has 0 unspecified atom stereocenters. The van der Waals surface area contributed by atoms with Crippen molar-refractivity contribution in [2.75, 3.05) is 37.8 Å². The lowest BCUT2D eigenvalue weighted by molar-refractivity contribution is 0.405. The molecule has 0 aliphatic heterocycles. The quantitative estimate of drug-likeness (QED) is 0.538. The monoisotopic (exact) mass is 401 g/mol. The van der Waals surface area contributed by atoms with Crippen LogP contribution in [0, 0.1) is 17.5 Å². The summed E-state index contributed by atoms with van der Waals surface area (Å²) in [4.78, 5) is 10.9. The van der Waals surface area contributed by atoms with E-state index in [0.717, 1.165) is 18.5 Å². The van der Waals surface area contributed by atoms with Gasteiger partial charge in [-0.15, -0.1) is 0 Å². The van der Waals surface area contributed by atoms with Crippen LogP contribution >= 0.6 is 0 Å². The van der Waals surface area contributed by atoms with Crippen molar-refractivity contribution < 1.29 is 13.2 Å². The maximum atomic E-state index is 14.0. The highest BCUT2D eigenvalue weighted by Gasteiger charge is 2.14. The number of hydrogen-bond donors (Lipinski definition) is 2. The van der Waals surface area contributed by atoms with E-state index in [9.17, 15) is 13.2 Å². The Morgan fingerprint density at radius 1 is 0.931 bits per heavy atom. The smallest absolute Gasteiger partial charge is 0.225 e. The molecule has 0 aliphatic rings. The van der Waals surface area contributed by atoms with Crippen molar-refractivity contribution in [2.24, 2.45) is 0 Å². The van der Waals surface area contributed by atoms with E-state index < -0.39 is 23.1 Å². The normalized spacial score (nSPS) is 11.0. The van der Waals surface area contributed by atoms with Crippen LogP contribution in [-0.4, -0.2) is 42.1 Å². The second-order valence-electron chi connectivity index (χ2n) is 6.78. The molecule has 0 bridgehead atoms. The zero-order chi connectivity index (χ0) is 20.8. The second kappa shape index (κ2) is 9.38. The molecule has 0 saturated heterocycles. The minimum Gasteiger partial charge on any atom is -0.354 e. The number of hydrogen-bond acceptors (Lipinski definition) is 5. The molecular formula is C21H22F3N5. The van der Waals surface area contributed by atoms with Gasteiger partial charge < -0.3 is 15.5 Å². The Morgan fingerprint density at radius 3 is 2.28 bits per heavy atom. The standard InChI is InChI=1S/C21H22F3N5/c1-29(2)10-6-9-25-21-26-18(14-7-4-3-5-8-14)13-19(28-21)27-20-16(23)11-15(22)12-17(20)24/h3-5,7-8,11-13H,6,9-10H2,1-2H3,(H2,25,26,27,28). The van der Waals surface area contributed by atoms with Gasteiger partial charge in [-0.05, 0) is 27.1 Å². The SMILES string of the molecule is CN(C)CCCNc1nc(Nc2c(F)cc(F)cc2F)cc(-c2ccccc2)n1. The molecule has 0 saturated carbocycles. The van der Waals surface area contributed by atoms with Crippen LogP contribution in [-0.2, 0) is 0 Å². The van der Waals surface area contributed by atoms with Gasteiger partial charge in [0.05, 0.1) is 5.69 Å². The number of benzene rings is 2. The van der Waals surface area contributed by atoms with Crippen LogP contribution in [0.25, 0.3) is 11.3 Å². The van der Waals surface area contributed by atoms with Gasteiger partial charge in [0.2, 0.25) is 5.95 Å². The van der Waals surface area contributed by atoms with Crippen LogP contribution in [0.5, 0.6) is 0 Å². The zero-order valence-electron chi connectivity index (χ0n) is 16.2. The van der Waals surface area contributed by atoms with Gasteiger partial charge in [-0.1, -0.05) is 30.3 Å². The number of halogens is 3. The fraction of sp³-hybridized carbons (Fsp3) is 0.238. The molecule has 1 heterocycles. The van der Waals surface area contributed by atoms with Gasteiger partial charge in [-0.3, -0.25) is 0 Å². The molecule has 1 aromatic heterocycles. The Balaban J connectivity index is 1.90. The fourth-order valence-electron chi connectivity index (χ4n) is 2.73. The van der Waals surface area contributed by atoms with Crippen LogP contribution in [0.2, 0.25) is 0 Å². The Hall–Kier alpha value is -3.13. The van der Waals surface area contributed by atoms with E-state index in [-0.39, 0.29) is 5.82 Å². The summed E-state index contributed by atoms with van der Waals surface area (Å²) >= 11 is 0. The third kappa shape index (κ3) is 5.68. The average Bonchev–Trinajstić information content (AvgIpc) is 2.68. The van der Waals surface area contributed by atoms with E-state index in [1.807, 2.05) is 44.4 Å². The molecule has 3 rings (SSSR count). The van der Waals surface area contributed by atoms with E-state index in [4.69, 9.17) is 0 Å². The minimum absolute atomic E-state index is 0.193. The number of rotatable bonds is 8. The molecule has 0 radical (unpaired) electrons. The molecule has 29 heavy (non-hydrogen) atoms. The van der Waals surface area contributed by atoms with Gasteiger partial charge in [0, 0.05) is 30.3 Å². The van der Waals surface area contributed by atoms with Crippen molar-refractivity contribution in [3.63, 3.8) is 0 Å². The summed E-state index contributed by atoms with van der Waals surface area (Å²) in [6.45, 7) is 1.53. The molecule has 0 atom stereocenters. The Labute approximate surface area is 167 Å². The third-order valence-electron chi connectivity index (χ3n) is 4.12. The predicted octanol–water partition coefficient (Wildman–Crippen LogP) is 4.67. The molecule has 0 aliphatic carbocycles. The summed E-state index contributed by atoms with van der Waals surface area (Å²) in [7, 11) is 3.97. The topological polar surface area (TPSA) is 53.1 Å². The second-order valence-corrected chi connectivity index (χ2v) is 6.78. The van der Waals surface area contributed by atoms with E-state index >= 15 is 0 Å². The summed E-state index contributed by atoms with van der Waals surface area (Å²) in [5.74, 6) is -2.54. The summed E-state index contributed by atoms with van der Waals surface area (Å²) in [5.41, 5.74) is 0.943. The highest BCUT2D eigenvalue weighted by atomic mass is 19.1. The van der Waals surface area contributed by atoms with Crippen molar-refractivity contribution in [3.05, 3.63) is 66.0 Å².